The molecule has 0 radical (unpaired) electrons. The molecular weight excluding hydrogens is 284 g/mol. The van der Waals surface area contributed by atoms with Gasteiger partial charge in [0.2, 0.25) is 5.78 Å². The summed E-state index contributed by atoms with van der Waals surface area (Å²) in [6.45, 7) is 1.75. The van der Waals surface area contributed by atoms with Crippen LogP contribution in [0.4, 0.5) is 0 Å². The molecule has 0 saturated carbocycles. The number of hydrogen-bond donors (Lipinski definition) is 1. The number of ketones is 2. The van der Waals surface area contributed by atoms with E-state index < -0.39 is 5.78 Å². The number of phenols is 1. The molecule has 0 aliphatic heterocycles. The first-order valence-electron chi connectivity index (χ1n) is 6.67. The Morgan fingerprint density at radius 2 is 1.41 bits per heavy atom. The van der Waals surface area contributed by atoms with Gasteiger partial charge >= 0.3 is 0 Å². The number of carbonyl (C=O) groups is 2. The second-order valence-corrected chi connectivity index (χ2v) is 5.08. The normalized spacial score (nSPS) is 12.7. The van der Waals surface area contributed by atoms with Gasteiger partial charge in [0.05, 0.1) is 30.9 Å². The number of aryl methyl sites for hydroxylation is 1. The van der Waals surface area contributed by atoms with Crippen LogP contribution in [0.3, 0.4) is 0 Å². The molecule has 0 fully saturated rings. The molecule has 112 valence electrons. The molecule has 1 aliphatic rings. The van der Waals surface area contributed by atoms with Crippen LogP contribution < -0.4 is 9.47 Å². The minimum Gasteiger partial charge on any atom is -0.507 e. The fourth-order valence-electron chi connectivity index (χ4n) is 2.80. The average molecular weight is 298 g/mol. The Bertz CT molecular complexity index is 820. The predicted octanol–water partition coefficient (Wildman–Crippen LogP) is 2.49. The molecule has 0 amide bonds. The smallest absolute Gasteiger partial charge is 0.202 e. The minimum atomic E-state index is -0.446. The van der Waals surface area contributed by atoms with Gasteiger partial charge in [0.1, 0.15) is 17.2 Å². The van der Waals surface area contributed by atoms with Crippen molar-refractivity contribution >= 4 is 11.6 Å². The van der Waals surface area contributed by atoms with Crippen molar-refractivity contribution < 1.29 is 24.2 Å². The predicted molar refractivity (Wildman–Crippen MR) is 79.3 cm³/mol. The van der Waals surface area contributed by atoms with Gasteiger partial charge in [0.25, 0.3) is 0 Å². The number of phenolic OH excluding ortho intramolecular Hbond substituents is 1. The van der Waals surface area contributed by atoms with Crippen LogP contribution in [0, 0.1) is 6.92 Å². The van der Waals surface area contributed by atoms with Crippen LogP contribution in [0.1, 0.15) is 37.4 Å². The summed E-state index contributed by atoms with van der Waals surface area (Å²) < 4.78 is 10.4. The van der Waals surface area contributed by atoms with Gasteiger partial charge in [-0.2, -0.15) is 0 Å². The summed E-state index contributed by atoms with van der Waals surface area (Å²) in [5, 5.41) is 10.1. The quantitative estimate of drug-likeness (QED) is 0.787. The second-order valence-electron chi connectivity index (χ2n) is 5.08. The summed E-state index contributed by atoms with van der Waals surface area (Å²) in [5.74, 6) is -0.429. The molecule has 0 aromatic heterocycles. The van der Waals surface area contributed by atoms with Gasteiger partial charge in [-0.3, -0.25) is 9.59 Å². The number of methoxy groups -OCH3 is 2. The molecule has 5 nitrogen and oxygen atoms in total. The molecule has 0 saturated heterocycles. The first-order valence-corrected chi connectivity index (χ1v) is 6.67. The molecule has 0 unspecified atom stereocenters. The van der Waals surface area contributed by atoms with Crippen molar-refractivity contribution in [3.63, 3.8) is 0 Å². The van der Waals surface area contributed by atoms with E-state index in [0.29, 0.717) is 11.3 Å². The van der Waals surface area contributed by atoms with Gasteiger partial charge in [0.15, 0.2) is 5.78 Å². The lowest BCUT2D eigenvalue weighted by Crippen LogP contribution is -2.23. The fourth-order valence-corrected chi connectivity index (χ4v) is 2.80. The summed E-state index contributed by atoms with van der Waals surface area (Å²) in [6.07, 6.45) is 0. The zero-order chi connectivity index (χ0) is 16.0. The van der Waals surface area contributed by atoms with E-state index in [-0.39, 0.29) is 39.5 Å². The van der Waals surface area contributed by atoms with E-state index >= 15 is 0 Å². The van der Waals surface area contributed by atoms with Crippen molar-refractivity contribution in [2.75, 3.05) is 14.2 Å². The third kappa shape index (κ3) is 1.79. The minimum absolute atomic E-state index is 0.00894. The Balaban J connectivity index is 2.40. The van der Waals surface area contributed by atoms with Crippen LogP contribution in [0.2, 0.25) is 0 Å². The van der Waals surface area contributed by atoms with Gasteiger partial charge in [-0.1, -0.05) is 0 Å². The van der Waals surface area contributed by atoms with Gasteiger partial charge in [0, 0.05) is 5.56 Å². The standard InChI is InChI=1S/C17H14O5/c1-8-6-9-13(10(18)7-8)17(20)15-12(22-3)5-4-11(21-2)14(15)16(9)19/h4-7,18H,1-3H3. The summed E-state index contributed by atoms with van der Waals surface area (Å²) in [7, 11) is 2.85. The largest absolute Gasteiger partial charge is 0.507 e. The molecule has 2 aromatic rings. The van der Waals surface area contributed by atoms with Gasteiger partial charge in [-0.15, -0.1) is 0 Å². The van der Waals surface area contributed by atoms with Crippen molar-refractivity contribution in [3.05, 3.63) is 52.1 Å². The molecular formula is C17H14O5. The first-order chi connectivity index (χ1) is 10.5. The summed E-state index contributed by atoms with van der Waals surface area (Å²) in [6, 6.07) is 6.21. The van der Waals surface area contributed by atoms with Crippen LogP contribution in [0.5, 0.6) is 17.2 Å². The van der Waals surface area contributed by atoms with Crippen molar-refractivity contribution in [2.45, 2.75) is 6.92 Å². The van der Waals surface area contributed by atoms with E-state index in [0.717, 1.165) is 0 Å². The van der Waals surface area contributed by atoms with Crippen LogP contribution in [0.15, 0.2) is 24.3 Å². The Morgan fingerprint density at radius 1 is 0.864 bits per heavy atom. The molecule has 0 bridgehead atoms. The lowest BCUT2D eigenvalue weighted by molar-refractivity contribution is 0.0971. The van der Waals surface area contributed by atoms with E-state index in [2.05, 4.69) is 0 Å². The molecule has 0 atom stereocenters. The van der Waals surface area contributed by atoms with Crippen LogP contribution >= 0.6 is 0 Å². The van der Waals surface area contributed by atoms with E-state index in [1.807, 2.05) is 0 Å². The highest BCUT2D eigenvalue weighted by atomic mass is 16.5. The van der Waals surface area contributed by atoms with Crippen LogP contribution in [-0.2, 0) is 0 Å². The molecule has 5 heteroatoms. The third-order valence-corrected chi connectivity index (χ3v) is 3.76. The Hall–Kier alpha value is -2.82. The highest BCUT2D eigenvalue weighted by Crippen LogP contribution is 2.41. The summed E-state index contributed by atoms with van der Waals surface area (Å²) >= 11 is 0. The lowest BCUT2D eigenvalue weighted by Gasteiger charge is -2.22. The summed E-state index contributed by atoms with van der Waals surface area (Å²) in [5.41, 5.74) is 1.18. The second kappa shape index (κ2) is 4.87. The highest BCUT2D eigenvalue weighted by Gasteiger charge is 2.37. The number of carbonyl (C=O) groups excluding carboxylic acids is 2. The molecule has 3 rings (SSSR count). The van der Waals surface area contributed by atoms with Crippen molar-refractivity contribution in [1.82, 2.24) is 0 Å². The fraction of sp³-hybridized carbons (Fsp3) is 0.176. The number of fused-ring (bicyclic) bond motifs is 2. The number of aromatic hydroxyl groups is 1. The number of hydrogen-bond acceptors (Lipinski definition) is 5. The topological polar surface area (TPSA) is 72.8 Å². The van der Waals surface area contributed by atoms with Crippen molar-refractivity contribution in [1.29, 1.82) is 0 Å². The van der Waals surface area contributed by atoms with Crippen molar-refractivity contribution in [3.8, 4) is 17.2 Å². The Morgan fingerprint density at radius 3 is 1.95 bits per heavy atom. The van der Waals surface area contributed by atoms with E-state index in [1.54, 1.807) is 25.1 Å². The van der Waals surface area contributed by atoms with Crippen LogP contribution in [0.25, 0.3) is 0 Å². The SMILES string of the molecule is COc1ccc(OC)c2c1C(=O)c1cc(C)cc(O)c1C2=O. The van der Waals surface area contributed by atoms with Gasteiger partial charge < -0.3 is 14.6 Å². The number of rotatable bonds is 2. The number of ether oxygens (including phenoxy) is 2. The maximum atomic E-state index is 12.8. The highest BCUT2D eigenvalue weighted by molar-refractivity contribution is 6.31. The Labute approximate surface area is 127 Å². The monoisotopic (exact) mass is 298 g/mol. The first kappa shape index (κ1) is 14.1. The van der Waals surface area contributed by atoms with E-state index in [1.165, 1.54) is 20.3 Å². The van der Waals surface area contributed by atoms with Gasteiger partial charge in [-0.25, -0.2) is 0 Å². The van der Waals surface area contributed by atoms with E-state index in [4.69, 9.17) is 9.47 Å². The molecule has 2 aromatic carbocycles. The maximum absolute atomic E-state index is 12.8. The van der Waals surface area contributed by atoms with Crippen LogP contribution in [-0.4, -0.2) is 30.9 Å². The molecule has 0 heterocycles. The summed E-state index contributed by atoms with van der Waals surface area (Å²) in [4.78, 5) is 25.6. The third-order valence-electron chi connectivity index (χ3n) is 3.76. The molecule has 0 spiro atoms. The maximum Gasteiger partial charge on any atom is 0.202 e. The molecule has 1 aliphatic carbocycles. The number of benzene rings is 2. The zero-order valence-corrected chi connectivity index (χ0v) is 12.4. The Kier molecular flexibility index (Phi) is 3.13. The molecule has 1 N–H and O–H groups in total. The molecule has 22 heavy (non-hydrogen) atoms. The zero-order valence-electron chi connectivity index (χ0n) is 12.4. The van der Waals surface area contributed by atoms with Crippen molar-refractivity contribution in [2.24, 2.45) is 0 Å². The van der Waals surface area contributed by atoms with Gasteiger partial charge in [-0.05, 0) is 36.8 Å². The lowest BCUT2D eigenvalue weighted by atomic mass is 9.82. The van der Waals surface area contributed by atoms with E-state index in [9.17, 15) is 14.7 Å². The average Bonchev–Trinajstić information content (AvgIpc) is 2.50.